The molecule has 0 aromatic heterocycles. The minimum atomic E-state index is 0.820. The molecular formula is C17H25BrN2O. The van der Waals surface area contributed by atoms with E-state index in [0.717, 1.165) is 28.7 Å². The second kappa shape index (κ2) is 7.12. The number of methoxy groups -OCH3 is 1. The Hall–Kier alpha value is -0.580. The van der Waals surface area contributed by atoms with Crippen molar-refractivity contribution in [3.8, 4) is 5.75 Å². The van der Waals surface area contributed by atoms with Crippen LogP contribution in [0, 0.1) is 5.92 Å². The zero-order valence-corrected chi connectivity index (χ0v) is 14.4. The third kappa shape index (κ3) is 4.21. The first-order chi connectivity index (χ1) is 10.3. The van der Waals surface area contributed by atoms with Crippen LogP contribution in [-0.4, -0.2) is 37.7 Å². The molecule has 0 unspecified atom stereocenters. The van der Waals surface area contributed by atoms with Gasteiger partial charge in [-0.15, -0.1) is 0 Å². The fraction of sp³-hybridized carbons (Fsp3) is 0.647. The van der Waals surface area contributed by atoms with Gasteiger partial charge in [0.05, 0.1) is 11.6 Å². The van der Waals surface area contributed by atoms with Crippen LogP contribution in [0.1, 0.15) is 31.2 Å². The normalized spacial score (nSPS) is 20.0. The molecule has 1 N–H and O–H groups in total. The van der Waals surface area contributed by atoms with Gasteiger partial charge in [-0.1, -0.05) is 6.07 Å². The molecule has 3 rings (SSSR count). The first kappa shape index (κ1) is 15.3. The van der Waals surface area contributed by atoms with E-state index in [1.54, 1.807) is 7.11 Å². The van der Waals surface area contributed by atoms with Crippen LogP contribution in [-0.2, 0) is 6.54 Å². The lowest BCUT2D eigenvalue weighted by atomic mass is 9.97. The molecule has 116 valence electrons. The Labute approximate surface area is 136 Å². The van der Waals surface area contributed by atoms with Crippen molar-refractivity contribution in [3.63, 3.8) is 0 Å². The quantitative estimate of drug-likeness (QED) is 0.848. The molecule has 1 saturated heterocycles. The summed E-state index contributed by atoms with van der Waals surface area (Å²) in [7, 11) is 1.72. The number of benzene rings is 1. The Morgan fingerprint density at radius 3 is 2.62 bits per heavy atom. The maximum Gasteiger partial charge on any atom is 0.133 e. The van der Waals surface area contributed by atoms with E-state index in [-0.39, 0.29) is 0 Å². The molecule has 0 amide bonds. The van der Waals surface area contributed by atoms with Gasteiger partial charge in [0.1, 0.15) is 5.75 Å². The third-order valence-electron chi connectivity index (χ3n) is 4.62. The van der Waals surface area contributed by atoms with E-state index in [1.165, 1.54) is 50.9 Å². The third-order valence-corrected chi connectivity index (χ3v) is 5.24. The number of hydrogen-bond acceptors (Lipinski definition) is 3. The maximum atomic E-state index is 5.32. The van der Waals surface area contributed by atoms with Crippen LogP contribution < -0.4 is 10.1 Å². The van der Waals surface area contributed by atoms with E-state index in [1.807, 2.05) is 0 Å². The highest BCUT2D eigenvalue weighted by molar-refractivity contribution is 9.10. The summed E-state index contributed by atoms with van der Waals surface area (Å²) in [6.07, 6.45) is 5.41. The Kier molecular flexibility index (Phi) is 5.19. The summed E-state index contributed by atoms with van der Waals surface area (Å²) in [5.41, 5.74) is 1.38. The van der Waals surface area contributed by atoms with Crippen molar-refractivity contribution < 1.29 is 4.74 Å². The number of ether oxygens (including phenoxy) is 1. The maximum absolute atomic E-state index is 5.32. The predicted molar refractivity (Wildman–Crippen MR) is 89.7 cm³/mol. The lowest BCUT2D eigenvalue weighted by Gasteiger charge is -2.30. The van der Waals surface area contributed by atoms with Crippen LogP contribution in [0.4, 0.5) is 0 Å². The summed E-state index contributed by atoms with van der Waals surface area (Å²) in [5.74, 6) is 1.78. The van der Waals surface area contributed by atoms with Gasteiger partial charge in [-0.25, -0.2) is 0 Å². The number of nitrogens with one attached hydrogen (secondary N) is 1. The summed E-state index contributed by atoms with van der Waals surface area (Å²) in [5, 5.41) is 3.46. The molecule has 1 aromatic rings. The fourth-order valence-corrected chi connectivity index (χ4v) is 3.81. The van der Waals surface area contributed by atoms with Gasteiger partial charge in [0.25, 0.3) is 0 Å². The molecule has 21 heavy (non-hydrogen) atoms. The standard InChI is InChI=1S/C17H25BrN2O/c1-21-17-5-2-14(10-16(17)18)12-20(15-3-4-15)11-13-6-8-19-9-7-13/h2,5,10,13,15,19H,3-4,6-9,11-12H2,1H3. The van der Waals surface area contributed by atoms with Gasteiger partial charge in [0.15, 0.2) is 0 Å². The smallest absolute Gasteiger partial charge is 0.133 e. The van der Waals surface area contributed by atoms with Gasteiger partial charge in [-0.3, -0.25) is 4.90 Å². The summed E-state index contributed by atoms with van der Waals surface area (Å²) in [4.78, 5) is 2.70. The van der Waals surface area contributed by atoms with E-state index >= 15 is 0 Å². The molecule has 0 radical (unpaired) electrons. The Bertz CT molecular complexity index is 470. The number of piperidine rings is 1. The second-order valence-corrected chi connectivity index (χ2v) is 7.18. The molecule has 1 aromatic carbocycles. The number of nitrogens with zero attached hydrogens (tertiary/aromatic N) is 1. The first-order valence-electron chi connectivity index (χ1n) is 8.03. The largest absolute Gasteiger partial charge is 0.496 e. The molecule has 3 nitrogen and oxygen atoms in total. The van der Waals surface area contributed by atoms with Gasteiger partial charge < -0.3 is 10.1 Å². The van der Waals surface area contributed by atoms with Crippen molar-refractivity contribution in [2.75, 3.05) is 26.7 Å². The molecular weight excluding hydrogens is 328 g/mol. The van der Waals surface area contributed by atoms with Crippen molar-refractivity contribution in [1.82, 2.24) is 10.2 Å². The summed E-state index contributed by atoms with van der Waals surface area (Å²) < 4.78 is 6.37. The average molecular weight is 353 g/mol. The lowest BCUT2D eigenvalue weighted by Crippen LogP contribution is -2.37. The molecule has 1 aliphatic heterocycles. The molecule has 4 heteroatoms. The first-order valence-corrected chi connectivity index (χ1v) is 8.82. The highest BCUT2D eigenvalue weighted by atomic mass is 79.9. The topological polar surface area (TPSA) is 24.5 Å². The van der Waals surface area contributed by atoms with Crippen LogP contribution in [0.2, 0.25) is 0 Å². The molecule has 0 bridgehead atoms. The highest BCUT2D eigenvalue weighted by Crippen LogP contribution is 2.32. The molecule has 2 fully saturated rings. The minimum Gasteiger partial charge on any atom is -0.496 e. The Morgan fingerprint density at radius 1 is 1.24 bits per heavy atom. The van der Waals surface area contributed by atoms with Crippen LogP contribution in [0.3, 0.4) is 0 Å². The van der Waals surface area contributed by atoms with E-state index in [9.17, 15) is 0 Å². The average Bonchev–Trinajstić information content (AvgIpc) is 3.32. The number of halogens is 1. The molecule has 1 aliphatic carbocycles. The summed E-state index contributed by atoms with van der Waals surface area (Å²) in [6, 6.07) is 7.29. The molecule has 0 atom stereocenters. The van der Waals surface area contributed by atoms with Crippen LogP contribution in [0.15, 0.2) is 22.7 Å². The molecule has 1 heterocycles. The van der Waals surface area contributed by atoms with E-state index in [4.69, 9.17) is 4.74 Å². The molecule has 1 saturated carbocycles. The van der Waals surface area contributed by atoms with Crippen molar-refractivity contribution in [2.24, 2.45) is 5.92 Å². The van der Waals surface area contributed by atoms with Crippen molar-refractivity contribution in [2.45, 2.75) is 38.3 Å². The van der Waals surface area contributed by atoms with E-state index in [2.05, 4.69) is 44.3 Å². The molecule has 0 spiro atoms. The van der Waals surface area contributed by atoms with Gasteiger partial charge in [0, 0.05) is 19.1 Å². The monoisotopic (exact) mass is 352 g/mol. The Morgan fingerprint density at radius 2 is 2.00 bits per heavy atom. The fourth-order valence-electron chi connectivity index (χ4n) is 3.22. The van der Waals surface area contributed by atoms with E-state index < -0.39 is 0 Å². The van der Waals surface area contributed by atoms with Crippen molar-refractivity contribution in [3.05, 3.63) is 28.2 Å². The van der Waals surface area contributed by atoms with Crippen LogP contribution in [0.5, 0.6) is 5.75 Å². The highest BCUT2D eigenvalue weighted by Gasteiger charge is 2.30. The minimum absolute atomic E-state index is 0.820. The van der Waals surface area contributed by atoms with Gasteiger partial charge in [0.2, 0.25) is 0 Å². The van der Waals surface area contributed by atoms with E-state index in [0.29, 0.717) is 0 Å². The predicted octanol–water partition coefficient (Wildman–Crippen LogP) is 3.42. The van der Waals surface area contributed by atoms with Crippen molar-refractivity contribution in [1.29, 1.82) is 0 Å². The Balaban J connectivity index is 1.63. The van der Waals surface area contributed by atoms with Crippen molar-refractivity contribution >= 4 is 15.9 Å². The second-order valence-electron chi connectivity index (χ2n) is 6.32. The zero-order chi connectivity index (χ0) is 14.7. The molecule has 2 aliphatic rings. The number of rotatable bonds is 6. The zero-order valence-electron chi connectivity index (χ0n) is 12.8. The SMILES string of the molecule is COc1ccc(CN(CC2CCNCC2)C2CC2)cc1Br. The number of hydrogen-bond donors (Lipinski definition) is 1. The van der Waals surface area contributed by atoms with Gasteiger partial charge in [-0.2, -0.15) is 0 Å². The van der Waals surface area contributed by atoms with Crippen LogP contribution in [0.25, 0.3) is 0 Å². The van der Waals surface area contributed by atoms with Gasteiger partial charge in [-0.05, 0) is 78.3 Å². The summed E-state index contributed by atoms with van der Waals surface area (Å²) in [6.45, 7) is 4.71. The lowest BCUT2D eigenvalue weighted by molar-refractivity contribution is 0.190. The summed E-state index contributed by atoms with van der Waals surface area (Å²) >= 11 is 3.60. The van der Waals surface area contributed by atoms with Gasteiger partial charge >= 0.3 is 0 Å². The van der Waals surface area contributed by atoms with Crippen LogP contribution >= 0.6 is 15.9 Å².